The summed E-state index contributed by atoms with van der Waals surface area (Å²) in [4.78, 5) is 16.1. The predicted molar refractivity (Wildman–Crippen MR) is 99.6 cm³/mol. The summed E-state index contributed by atoms with van der Waals surface area (Å²) in [5.41, 5.74) is 2.17. The van der Waals surface area contributed by atoms with Crippen LogP contribution in [0.25, 0.3) is 11.5 Å². The normalized spacial score (nSPS) is 10.6. The molecular formula is C17H15ClN4O3S. The maximum absolute atomic E-state index is 12.2. The van der Waals surface area contributed by atoms with Crippen molar-refractivity contribution in [3.05, 3.63) is 47.2 Å². The maximum Gasteiger partial charge on any atom is 0.277 e. The van der Waals surface area contributed by atoms with Gasteiger partial charge >= 0.3 is 0 Å². The van der Waals surface area contributed by atoms with Crippen molar-refractivity contribution in [2.75, 3.05) is 18.2 Å². The molecule has 2 heterocycles. The van der Waals surface area contributed by atoms with Crippen LogP contribution in [0.5, 0.6) is 5.75 Å². The van der Waals surface area contributed by atoms with Gasteiger partial charge in [0.25, 0.3) is 5.22 Å². The molecule has 1 aromatic carbocycles. The minimum absolute atomic E-state index is 0.114. The summed E-state index contributed by atoms with van der Waals surface area (Å²) in [6, 6.07) is 6.96. The monoisotopic (exact) mass is 390 g/mol. The van der Waals surface area contributed by atoms with Gasteiger partial charge in [0.15, 0.2) is 0 Å². The molecule has 0 aliphatic heterocycles. The fourth-order valence-electron chi connectivity index (χ4n) is 2.12. The van der Waals surface area contributed by atoms with Gasteiger partial charge in [-0.2, -0.15) is 0 Å². The molecule has 0 radical (unpaired) electrons. The molecule has 0 fully saturated rings. The molecule has 26 heavy (non-hydrogen) atoms. The minimum atomic E-state index is -0.223. The Hall–Kier alpha value is -2.58. The molecule has 0 bridgehead atoms. The van der Waals surface area contributed by atoms with Crippen molar-refractivity contribution in [2.45, 2.75) is 12.1 Å². The van der Waals surface area contributed by atoms with Crippen LogP contribution in [-0.2, 0) is 4.79 Å². The first kappa shape index (κ1) is 18.2. The van der Waals surface area contributed by atoms with Crippen molar-refractivity contribution in [3.63, 3.8) is 0 Å². The molecule has 0 saturated heterocycles. The highest BCUT2D eigenvalue weighted by Crippen LogP contribution is 2.31. The number of benzene rings is 1. The molecule has 0 atom stereocenters. The minimum Gasteiger partial charge on any atom is -0.495 e. The number of hydrogen-bond donors (Lipinski definition) is 1. The maximum atomic E-state index is 12.2. The summed E-state index contributed by atoms with van der Waals surface area (Å²) < 4.78 is 10.8. The lowest BCUT2D eigenvalue weighted by atomic mass is 10.2. The van der Waals surface area contributed by atoms with Crippen molar-refractivity contribution < 1.29 is 13.9 Å². The third-order valence-electron chi connectivity index (χ3n) is 3.42. The summed E-state index contributed by atoms with van der Waals surface area (Å²) in [6.07, 6.45) is 3.28. The number of halogens is 1. The Morgan fingerprint density at radius 2 is 2.08 bits per heavy atom. The number of nitrogens with one attached hydrogen (secondary N) is 1. The number of rotatable bonds is 6. The summed E-state index contributed by atoms with van der Waals surface area (Å²) in [6.45, 7) is 1.85. The van der Waals surface area contributed by atoms with Gasteiger partial charge in [-0.25, -0.2) is 0 Å². The topological polar surface area (TPSA) is 90.1 Å². The number of amides is 1. The van der Waals surface area contributed by atoms with Crippen LogP contribution >= 0.6 is 23.4 Å². The zero-order valence-electron chi connectivity index (χ0n) is 14.0. The number of carbonyl (C=O) groups is 1. The SMILES string of the molecule is COc1cc(Cl)c(C)cc1NC(=O)CSc1nnc(-c2ccncc2)o1. The molecule has 9 heteroatoms. The largest absolute Gasteiger partial charge is 0.495 e. The van der Waals surface area contributed by atoms with Crippen LogP contribution in [0.4, 0.5) is 5.69 Å². The molecule has 0 spiro atoms. The van der Waals surface area contributed by atoms with Gasteiger partial charge in [-0.3, -0.25) is 9.78 Å². The average Bonchev–Trinajstić information content (AvgIpc) is 3.12. The summed E-state index contributed by atoms with van der Waals surface area (Å²) >= 11 is 7.22. The molecule has 134 valence electrons. The van der Waals surface area contributed by atoms with Crippen molar-refractivity contribution >= 4 is 35.0 Å². The molecule has 7 nitrogen and oxygen atoms in total. The van der Waals surface area contributed by atoms with E-state index in [2.05, 4.69) is 20.5 Å². The van der Waals surface area contributed by atoms with E-state index in [4.69, 9.17) is 20.8 Å². The van der Waals surface area contributed by atoms with Gasteiger partial charge in [0.1, 0.15) is 5.75 Å². The standard InChI is InChI=1S/C17H15ClN4O3S/c1-10-7-13(14(24-2)8-12(10)18)20-15(23)9-26-17-22-21-16(25-17)11-3-5-19-6-4-11/h3-8H,9H2,1-2H3,(H,20,23). The third kappa shape index (κ3) is 4.33. The fourth-order valence-corrected chi connectivity index (χ4v) is 2.84. The van der Waals surface area contributed by atoms with E-state index in [0.717, 1.165) is 22.9 Å². The Morgan fingerprint density at radius 1 is 1.31 bits per heavy atom. The van der Waals surface area contributed by atoms with Crippen LogP contribution in [0, 0.1) is 6.92 Å². The van der Waals surface area contributed by atoms with E-state index in [1.165, 1.54) is 7.11 Å². The molecule has 2 aromatic heterocycles. The molecule has 0 aliphatic rings. The van der Waals surface area contributed by atoms with Crippen LogP contribution in [0.15, 0.2) is 46.3 Å². The summed E-state index contributed by atoms with van der Waals surface area (Å²) in [7, 11) is 1.52. The van der Waals surface area contributed by atoms with Crippen molar-refractivity contribution in [3.8, 4) is 17.2 Å². The first-order chi connectivity index (χ1) is 12.6. The van der Waals surface area contributed by atoms with Crippen LogP contribution in [-0.4, -0.2) is 34.0 Å². The highest BCUT2D eigenvalue weighted by atomic mass is 35.5. The van der Waals surface area contributed by atoms with Gasteiger partial charge in [0, 0.05) is 29.0 Å². The number of methoxy groups -OCH3 is 1. The Balaban J connectivity index is 1.62. The van der Waals surface area contributed by atoms with Gasteiger partial charge in [0.2, 0.25) is 11.8 Å². The first-order valence-corrected chi connectivity index (χ1v) is 8.94. The van der Waals surface area contributed by atoms with E-state index >= 15 is 0 Å². The van der Waals surface area contributed by atoms with E-state index in [1.807, 2.05) is 6.92 Å². The second-order valence-electron chi connectivity index (χ2n) is 5.25. The number of nitrogens with zero attached hydrogens (tertiary/aromatic N) is 3. The van der Waals surface area contributed by atoms with E-state index in [1.54, 1.807) is 36.7 Å². The Morgan fingerprint density at radius 3 is 2.81 bits per heavy atom. The Bertz CT molecular complexity index is 918. The number of carbonyl (C=O) groups excluding carboxylic acids is 1. The Kier molecular flexibility index (Phi) is 5.75. The number of pyridine rings is 1. The quantitative estimate of drug-likeness (QED) is 0.639. The van der Waals surface area contributed by atoms with Crippen molar-refractivity contribution in [2.24, 2.45) is 0 Å². The van der Waals surface area contributed by atoms with Gasteiger partial charge in [0.05, 0.1) is 18.6 Å². The number of aromatic nitrogens is 3. The second-order valence-corrected chi connectivity index (χ2v) is 6.58. The molecule has 3 aromatic rings. The summed E-state index contributed by atoms with van der Waals surface area (Å²) in [5.74, 6) is 0.767. The van der Waals surface area contributed by atoms with E-state index < -0.39 is 0 Å². The lowest BCUT2D eigenvalue weighted by Gasteiger charge is -2.11. The van der Waals surface area contributed by atoms with Crippen LogP contribution < -0.4 is 10.1 Å². The third-order valence-corrected chi connectivity index (χ3v) is 4.64. The van der Waals surface area contributed by atoms with E-state index in [-0.39, 0.29) is 11.7 Å². The lowest BCUT2D eigenvalue weighted by molar-refractivity contribution is -0.113. The van der Waals surface area contributed by atoms with E-state index in [9.17, 15) is 4.79 Å². The number of anilines is 1. The molecular weight excluding hydrogens is 376 g/mol. The highest BCUT2D eigenvalue weighted by Gasteiger charge is 2.13. The first-order valence-electron chi connectivity index (χ1n) is 7.57. The van der Waals surface area contributed by atoms with Gasteiger partial charge < -0.3 is 14.5 Å². The van der Waals surface area contributed by atoms with Gasteiger partial charge in [-0.1, -0.05) is 23.4 Å². The molecule has 0 aliphatic carbocycles. The Labute approximate surface area is 159 Å². The number of ether oxygens (including phenoxy) is 1. The van der Waals surface area contributed by atoms with Crippen molar-refractivity contribution in [1.82, 2.24) is 15.2 Å². The van der Waals surface area contributed by atoms with E-state index in [0.29, 0.717) is 27.6 Å². The number of thioether (sulfide) groups is 1. The fraction of sp³-hybridized carbons (Fsp3) is 0.176. The van der Waals surface area contributed by atoms with Gasteiger partial charge in [-0.05, 0) is 30.7 Å². The van der Waals surface area contributed by atoms with Crippen molar-refractivity contribution in [1.29, 1.82) is 0 Å². The van der Waals surface area contributed by atoms with Gasteiger partial charge in [-0.15, -0.1) is 10.2 Å². The highest BCUT2D eigenvalue weighted by molar-refractivity contribution is 7.99. The molecule has 1 amide bonds. The molecule has 3 rings (SSSR count). The molecule has 1 N–H and O–H groups in total. The van der Waals surface area contributed by atoms with Crippen LogP contribution in [0.3, 0.4) is 0 Å². The predicted octanol–water partition coefficient (Wildman–Crippen LogP) is 3.83. The number of aryl methyl sites for hydroxylation is 1. The average molecular weight is 391 g/mol. The summed E-state index contributed by atoms with van der Waals surface area (Å²) in [5, 5.41) is 11.6. The zero-order chi connectivity index (χ0) is 18.5. The molecule has 0 unspecified atom stereocenters. The molecule has 0 saturated carbocycles. The smallest absolute Gasteiger partial charge is 0.277 e. The lowest BCUT2D eigenvalue weighted by Crippen LogP contribution is -2.15. The van der Waals surface area contributed by atoms with Crippen LogP contribution in [0.2, 0.25) is 5.02 Å². The second kappa shape index (κ2) is 8.20. The zero-order valence-corrected chi connectivity index (χ0v) is 15.6. The number of hydrogen-bond acceptors (Lipinski definition) is 7. The van der Waals surface area contributed by atoms with Crippen LogP contribution in [0.1, 0.15) is 5.56 Å².